The number of sulfone groups is 1. The Morgan fingerprint density at radius 3 is 2.50 bits per heavy atom. The van der Waals surface area contributed by atoms with E-state index in [-0.39, 0.29) is 17.5 Å². The molecular weight excluding hydrogens is 360 g/mol. The van der Waals surface area contributed by atoms with E-state index in [4.69, 9.17) is 14.2 Å². The van der Waals surface area contributed by atoms with Crippen LogP contribution in [0.1, 0.15) is 5.56 Å². The van der Waals surface area contributed by atoms with Crippen molar-refractivity contribution in [1.29, 1.82) is 0 Å². The monoisotopic (exact) mass is 384 g/mol. The Morgan fingerprint density at radius 2 is 1.85 bits per heavy atom. The maximum Gasteiger partial charge on any atom is 0.409 e. The number of hydrogen-bond acceptors (Lipinski definition) is 7. The second kappa shape index (κ2) is 7.32. The van der Waals surface area contributed by atoms with Crippen LogP contribution >= 0.6 is 0 Å². The molecular formula is C17H24N2O6S. The van der Waals surface area contributed by atoms with E-state index in [1.165, 1.54) is 12.0 Å². The van der Waals surface area contributed by atoms with Gasteiger partial charge in [0.05, 0.1) is 38.9 Å². The lowest BCUT2D eigenvalue weighted by Gasteiger charge is -2.43. The van der Waals surface area contributed by atoms with Gasteiger partial charge in [0.25, 0.3) is 0 Å². The number of piperazine rings is 1. The molecule has 3 rings (SSSR count). The molecule has 26 heavy (non-hydrogen) atoms. The third-order valence-corrected chi connectivity index (χ3v) is 6.76. The van der Waals surface area contributed by atoms with Gasteiger partial charge >= 0.3 is 6.09 Å². The molecule has 0 saturated carbocycles. The molecule has 2 aliphatic heterocycles. The minimum atomic E-state index is -3.20. The van der Waals surface area contributed by atoms with Gasteiger partial charge in [-0.3, -0.25) is 4.90 Å². The predicted octanol–water partition coefficient (Wildman–Crippen LogP) is 0.753. The van der Waals surface area contributed by atoms with Crippen LogP contribution in [0.2, 0.25) is 0 Å². The topological polar surface area (TPSA) is 85.4 Å². The molecule has 2 fully saturated rings. The SMILES string of the molecule is COC(=O)N1CCN(Cc2cc(OC)ccc2OC)[C@H]2CS(=O)(=O)C[C@H]21. The Balaban J connectivity index is 1.87. The highest BCUT2D eigenvalue weighted by molar-refractivity contribution is 7.91. The Labute approximate surface area is 153 Å². The number of carbonyl (C=O) groups is 1. The summed E-state index contributed by atoms with van der Waals surface area (Å²) in [4.78, 5) is 15.7. The summed E-state index contributed by atoms with van der Waals surface area (Å²) < 4.78 is 40.0. The maximum absolute atomic E-state index is 12.2. The Kier molecular flexibility index (Phi) is 5.29. The molecule has 144 valence electrons. The molecule has 1 amide bonds. The van der Waals surface area contributed by atoms with Crippen molar-refractivity contribution in [1.82, 2.24) is 9.80 Å². The van der Waals surface area contributed by atoms with Crippen LogP contribution in [0.15, 0.2) is 18.2 Å². The molecule has 0 bridgehead atoms. The lowest BCUT2D eigenvalue weighted by molar-refractivity contribution is 0.0342. The molecule has 0 spiro atoms. The van der Waals surface area contributed by atoms with Crippen molar-refractivity contribution in [3.8, 4) is 11.5 Å². The number of ether oxygens (including phenoxy) is 3. The van der Waals surface area contributed by atoms with Crippen LogP contribution in [0.3, 0.4) is 0 Å². The zero-order valence-corrected chi connectivity index (χ0v) is 16.0. The molecule has 2 saturated heterocycles. The molecule has 0 aromatic heterocycles. The highest BCUT2D eigenvalue weighted by atomic mass is 32.2. The van der Waals surface area contributed by atoms with Gasteiger partial charge in [0, 0.05) is 31.2 Å². The molecule has 0 radical (unpaired) electrons. The van der Waals surface area contributed by atoms with Gasteiger partial charge in [0.1, 0.15) is 11.5 Å². The van der Waals surface area contributed by atoms with Crippen molar-refractivity contribution in [2.45, 2.75) is 18.6 Å². The summed E-state index contributed by atoms with van der Waals surface area (Å²) >= 11 is 0. The van der Waals surface area contributed by atoms with Gasteiger partial charge in [-0.05, 0) is 18.2 Å². The van der Waals surface area contributed by atoms with E-state index >= 15 is 0 Å². The second-order valence-electron chi connectivity index (χ2n) is 6.52. The number of nitrogens with zero attached hydrogens (tertiary/aromatic N) is 2. The van der Waals surface area contributed by atoms with Gasteiger partial charge in [-0.1, -0.05) is 0 Å². The molecule has 0 aliphatic carbocycles. The molecule has 2 aliphatic rings. The first-order chi connectivity index (χ1) is 12.4. The molecule has 1 aromatic rings. The number of rotatable bonds is 4. The summed E-state index contributed by atoms with van der Waals surface area (Å²) in [5.41, 5.74) is 0.918. The summed E-state index contributed by atoms with van der Waals surface area (Å²) in [5.74, 6) is 1.44. The first kappa shape index (κ1) is 18.8. The zero-order chi connectivity index (χ0) is 18.9. The van der Waals surface area contributed by atoms with Gasteiger partial charge in [-0.25, -0.2) is 13.2 Å². The van der Waals surface area contributed by atoms with Gasteiger partial charge in [0.15, 0.2) is 9.84 Å². The number of carbonyl (C=O) groups excluding carboxylic acids is 1. The quantitative estimate of drug-likeness (QED) is 0.757. The predicted molar refractivity (Wildman–Crippen MR) is 95.3 cm³/mol. The van der Waals surface area contributed by atoms with E-state index < -0.39 is 22.0 Å². The van der Waals surface area contributed by atoms with Crippen molar-refractivity contribution in [3.63, 3.8) is 0 Å². The number of hydrogen-bond donors (Lipinski definition) is 0. The lowest BCUT2D eigenvalue weighted by atomic mass is 10.0. The second-order valence-corrected chi connectivity index (χ2v) is 8.68. The molecule has 0 N–H and O–H groups in total. The number of amides is 1. The van der Waals surface area contributed by atoms with Crippen molar-refractivity contribution >= 4 is 15.9 Å². The zero-order valence-electron chi connectivity index (χ0n) is 15.2. The van der Waals surface area contributed by atoms with Crippen LogP contribution in [0, 0.1) is 0 Å². The molecule has 0 unspecified atom stereocenters. The minimum Gasteiger partial charge on any atom is -0.497 e. The first-order valence-electron chi connectivity index (χ1n) is 8.38. The lowest BCUT2D eigenvalue weighted by Crippen LogP contribution is -2.60. The van der Waals surface area contributed by atoms with Crippen molar-refractivity contribution in [2.75, 3.05) is 45.9 Å². The van der Waals surface area contributed by atoms with Crippen LogP contribution in [-0.4, -0.2) is 82.3 Å². The number of fused-ring (bicyclic) bond motifs is 1. The maximum atomic E-state index is 12.2. The Hall–Kier alpha value is -2.00. The van der Waals surface area contributed by atoms with Gasteiger partial charge in [-0.15, -0.1) is 0 Å². The standard InChI is InChI=1S/C17H24N2O6S/c1-23-13-4-5-16(24-2)12(8-13)9-18-6-7-19(17(20)25-3)15-11-26(21,22)10-14(15)18/h4-5,8,14-15H,6-7,9-11H2,1-3H3/t14-,15+/m0/s1. The smallest absolute Gasteiger partial charge is 0.409 e. The Bertz CT molecular complexity index is 781. The molecule has 8 nitrogen and oxygen atoms in total. The fourth-order valence-corrected chi connectivity index (χ4v) is 5.80. The van der Waals surface area contributed by atoms with Crippen molar-refractivity contribution in [2.24, 2.45) is 0 Å². The summed E-state index contributed by atoms with van der Waals surface area (Å²) in [7, 11) is 1.31. The highest BCUT2D eigenvalue weighted by Crippen LogP contribution is 2.31. The van der Waals surface area contributed by atoms with Gasteiger partial charge in [0.2, 0.25) is 0 Å². The summed E-state index contributed by atoms with van der Waals surface area (Å²) in [5, 5.41) is 0. The van der Waals surface area contributed by atoms with Crippen LogP contribution < -0.4 is 9.47 Å². The highest BCUT2D eigenvalue weighted by Gasteiger charge is 2.48. The fraction of sp³-hybridized carbons (Fsp3) is 0.588. The minimum absolute atomic E-state index is 0.0293. The summed E-state index contributed by atoms with van der Waals surface area (Å²) in [6, 6.07) is 4.90. The van der Waals surface area contributed by atoms with Crippen molar-refractivity contribution < 1.29 is 27.4 Å². The van der Waals surface area contributed by atoms with E-state index in [1.807, 2.05) is 18.2 Å². The van der Waals surface area contributed by atoms with E-state index in [1.54, 1.807) is 14.2 Å². The molecule has 2 atom stereocenters. The summed E-state index contributed by atoms with van der Waals surface area (Å²) in [6.07, 6.45) is -0.476. The summed E-state index contributed by atoms with van der Waals surface area (Å²) in [6.45, 7) is 1.51. The average Bonchev–Trinajstić information content (AvgIpc) is 2.96. The van der Waals surface area contributed by atoms with Crippen LogP contribution in [0.25, 0.3) is 0 Å². The average molecular weight is 384 g/mol. The normalized spacial score (nSPS) is 24.8. The van der Waals surface area contributed by atoms with E-state index in [2.05, 4.69) is 4.90 Å². The number of benzene rings is 1. The van der Waals surface area contributed by atoms with E-state index in [9.17, 15) is 13.2 Å². The fourth-order valence-electron chi connectivity index (χ4n) is 3.79. The molecule has 2 heterocycles. The van der Waals surface area contributed by atoms with Crippen molar-refractivity contribution in [3.05, 3.63) is 23.8 Å². The van der Waals surface area contributed by atoms with E-state index in [0.717, 1.165) is 11.3 Å². The molecule has 1 aromatic carbocycles. The largest absolute Gasteiger partial charge is 0.497 e. The van der Waals surface area contributed by atoms with Crippen LogP contribution in [0.5, 0.6) is 11.5 Å². The molecule has 9 heteroatoms. The first-order valence-corrected chi connectivity index (χ1v) is 10.2. The Morgan fingerprint density at radius 1 is 1.12 bits per heavy atom. The number of methoxy groups -OCH3 is 3. The third-order valence-electron chi connectivity index (χ3n) is 5.06. The van der Waals surface area contributed by atoms with Crippen LogP contribution in [0.4, 0.5) is 4.79 Å². The van der Waals surface area contributed by atoms with Gasteiger partial charge in [-0.2, -0.15) is 0 Å². The van der Waals surface area contributed by atoms with E-state index in [0.29, 0.717) is 25.4 Å². The van der Waals surface area contributed by atoms with Crippen LogP contribution in [-0.2, 0) is 21.1 Å². The third kappa shape index (κ3) is 3.59. The van der Waals surface area contributed by atoms with Gasteiger partial charge < -0.3 is 19.1 Å².